The van der Waals surface area contributed by atoms with E-state index in [9.17, 15) is 0 Å². The summed E-state index contributed by atoms with van der Waals surface area (Å²) in [6.45, 7) is 7.22. The maximum atomic E-state index is 4.19. The SMILES string of the molecule is CC(C)N(C)CCNCc1cnccn1. The van der Waals surface area contributed by atoms with Gasteiger partial charge in [0.05, 0.1) is 5.69 Å². The molecule has 0 fully saturated rings. The Hall–Kier alpha value is -1.00. The molecular weight excluding hydrogens is 188 g/mol. The summed E-state index contributed by atoms with van der Waals surface area (Å²) in [5.41, 5.74) is 0.990. The third kappa shape index (κ3) is 4.85. The molecule has 0 aromatic carbocycles. The van der Waals surface area contributed by atoms with E-state index in [0.717, 1.165) is 25.3 Å². The molecule has 0 aliphatic rings. The summed E-state index contributed by atoms with van der Waals surface area (Å²) in [4.78, 5) is 10.5. The molecule has 1 heterocycles. The van der Waals surface area contributed by atoms with Gasteiger partial charge < -0.3 is 10.2 Å². The molecule has 0 unspecified atom stereocenters. The van der Waals surface area contributed by atoms with Gasteiger partial charge in [0.25, 0.3) is 0 Å². The Labute approximate surface area is 91.7 Å². The molecule has 1 aromatic heterocycles. The first kappa shape index (κ1) is 12.1. The Morgan fingerprint density at radius 3 is 2.80 bits per heavy atom. The van der Waals surface area contributed by atoms with E-state index < -0.39 is 0 Å². The van der Waals surface area contributed by atoms with E-state index >= 15 is 0 Å². The minimum atomic E-state index is 0.600. The standard InChI is InChI=1S/C11H20N4/c1-10(2)15(3)7-6-13-9-11-8-12-4-5-14-11/h4-5,8,10,13H,6-7,9H2,1-3H3. The van der Waals surface area contributed by atoms with Crippen molar-refractivity contribution in [3.05, 3.63) is 24.3 Å². The van der Waals surface area contributed by atoms with Crippen LogP contribution in [0.25, 0.3) is 0 Å². The predicted molar refractivity (Wildman–Crippen MR) is 61.5 cm³/mol. The van der Waals surface area contributed by atoms with Crippen LogP contribution in [0.1, 0.15) is 19.5 Å². The van der Waals surface area contributed by atoms with E-state index in [2.05, 4.69) is 41.1 Å². The fourth-order valence-electron chi connectivity index (χ4n) is 1.15. The van der Waals surface area contributed by atoms with Crippen LogP contribution in [-0.2, 0) is 6.54 Å². The third-order valence-electron chi connectivity index (χ3n) is 2.45. The van der Waals surface area contributed by atoms with Crippen LogP contribution in [-0.4, -0.2) is 41.0 Å². The van der Waals surface area contributed by atoms with Gasteiger partial charge in [-0.1, -0.05) is 0 Å². The molecule has 15 heavy (non-hydrogen) atoms. The van der Waals surface area contributed by atoms with Gasteiger partial charge in [-0.15, -0.1) is 0 Å². The van der Waals surface area contributed by atoms with E-state index in [1.54, 1.807) is 18.6 Å². The van der Waals surface area contributed by atoms with E-state index in [1.807, 2.05) is 0 Å². The first-order chi connectivity index (χ1) is 7.20. The molecule has 0 radical (unpaired) electrons. The van der Waals surface area contributed by atoms with Crippen LogP contribution in [0.15, 0.2) is 18.6 Å². The van der Waals surface area contributed by atoms with Crippen LogP contribution >= 0.6 is 0 Å². The Bertz CT molecular complexity index is 261. The summed E-state index contributed by atoms with van der Waals surface area (Å²) >= 11 is 0. The fourth-order valence-corrected chi connectivity index (χ4v) is 1.15. The summed E-state index contributed by atoms with van der Waals surface area (Å²) in [5, 5.41) is 3.34. The van der Waals surface area contributed by atoms with Crippen molar-refractivity contribution in [1.82, 2.24) is 20.2 Å². The fraction of sp³-hybridized carbons (Fsp3) is 0.636. The largest absolute Gasteiger partial charge is 0.310 e. The molecule has 0 saturated carbocycles. The van der Waals surface area contributed by atoms with Crippen molar-refractivity contribution in [2.24, 2.45) is 0 Å². The Morgan fingerprint density at radius 1 is 1.40 bits per heavy atom. The molecule has 1 rings (SSSR count). The molecule has 0 aliphatic heterocycles. The Kier molecular flexibility index (Phi) is 5.21. The second-order valence-electron chi connectivity index (χ2n) is 3.95. The molecule has 0 saturated heterocycles. The quantitative estimate of drug-likeness (QED) is 0.705. The van der Waals surface area contributed by atoms with Gasteiger partial charge in [0.2, 0.25) is 0 Å². The van der Waals surface area contributed by atoms with E-state index in [0.29, 0.717) is 6.04 Å². The zero-order valence-electron chi connectivity index (χ0n) is 9.77. The minimum absolute atomic E-state index is 0.600. The lowest BCUT2D eigenvalue weighted by Crippen LogP contribution is -2.33. The van der Waals surface area contributed by atoms with Crippen molar-refractivity contribution in [2.45, 2.75) is 26.4 Å². The summed E-state index contributed by atoms with van der Waals surface area (Å²) < 4.78 is 0. The summed E-state index contributed by atoms with van der Waals surface area (Å²) in [6.07, 6.45) is 5.20. The molecule has 0 atom stereocenters. The Morgan fingerprint density at radius 2 is 2.20 bits per heavy atom. The molecular formula is C11H20N4. The molecule has 1 N–H and O–H groups in total. The highest BCUT2D eigenvalue weighted by atomic mass is 15.1. The van der Waals surface area contributed by atoms with Crippen molar-refractivity contribution in [3.63, 3.8) is 0 Å². The predicted octanol–water partition coefficient (Wildman–Crippen LogP) is 0.906. The van der Waals surface area contributed by atoms with Gasteiger partial charge in [-0.25, -0.2) is 0 Å². The lowest BCUT2D eigenvalue weighted by molar-refractivity contribution is 0.273. The van der Waals surface area contributed by atoms with Gasteiger partial charge in [-0.3, -0.25) is 9.97 Å². The number of nitrogens with one attached hydrogen (secondary N) is 1. The van der Waals surface area contributed by atoms with Crippen molar-refractivity contribution in [2.75, 3.05) is 20.1 Å². The first-order valence-corrected chi connectivity index (χ1v) is 5.36. The number of nitrogens with zero attached hydrogens (tertiary/aromatic N) is 3. The van der Waals surface area contributed by atoms with Gasteiger partial charge in [-0.2, -0.15) is 0 Å². The van der Waals surface area contributed by atoms with Gasteiger partial charge in [-0.05, 0) is 20.9 Å². The topological polar surface area (TPSA) is 41.0 Å². The summed E-state index contributed by atoms with van der Waals surface area (Å²) in [6, 6.07) is 0.600. The molecule has 84 valence electrons. The van der Waals surface area contributed by atoms with Crippen LogP contribution < -0.4 is 5.32 Å². The second-order valence-corrected chi connectivity index (χ2v) is 3.95. The highest BCUT2D eigenvalue weighted by Gasteiger charge is 2.01. The highest BCUT2D eigenvalue weighted by Crippen LogP contribution is 1.92. The average Bonchev–Trinajstić information content (AvgIpc) is 2.25. The van der Waals surface area contributed by atoms with Crippen LogP contribution in [0.4, 0.5) is 0 Å². The average molecular weight is 208 g/mol. The normalized spacial score (nSPS) is 11.3. The number of likely N-dealkylation sites (N-methyl/N-ethyl adjacent to an activating group) is 1. The third-order valence-corrected chi connectivity index (χ3v) is 2.45. The van der Waals surface area contributed by atoms with Crippen molar-refractivity contribution in [1.29, 1.82) is 0 Å². The molecule has 0 aliphatic carbocycles. The number of aromatic nitrogens is 2. The maximum Gasteiger partial charge on any atom is 0.0724 e. The number of rotatable bonds is 6. The van der Waals surface area contributed by atoms with Crippen LogP contribution in [0.5, 0.6) is 0 Å². The molecule has 1 aromatic rings. The zero-order chi connectivity index (χ0) is 11.1. The summed E-state index contributed by atoms with van der Waals surface area (Å²) in [5.74, 6) is 0. The first-order valence-electron chi connectivity index (χ1n) is 5.36. The number of hydrogen-bond acceptors (Lipinski definition) is 4. The van der Waals surface area contributed by atoms with Crippen LogP contribution in [0.2, 0.25) is 0 Å². The maximum absolute atomic E-state index is 4.19. The number of hydrogen-bond donors (Lipinski definition) is 1. The lowest BCUT2D eigenvalue weighted by atomic mass is 10.3. The van der Waals surface area contributed by atoms with Gasteiger partial charge in [0, 0.05) is 44.3 Å². The van der Waals surface area contributed by atoms with Gasteiger partial charge in [0.15, 0.2) is 0 Å². The lowest BCUT2D eigenvalue weighted by Gasteiger charge is -2.20. The summed E-state index contributed by atoms with van der Waals surface area (Å²) in [7, 11) is 2.13. The molecule has 0 amide bonds. The smallest absolute Gasteiger partial charge is 0.0724 e. The second kappa shape index (κ2) is 6.48. The molecule has 4 nitrogen and oxygen atoms in total. The molecule has 4 heteroatoms. The van der Waals surface area contributed by atoms with Crippen molar-refractivity contribution in [3.8, 4) is 0 Å². The minimum Gasteiger partial charge on any atom is -0.310 e. The van der Waals surface area contributed by atoms with E-state index in [4.69, 9.17) is 0 Å². The van der Waals surface area contributed by atoms with Gasteiger partial charge in [0.1, 0.15) is 0 Å². The Balaban J connectivity index is 2.12. The zero-order valence-corrected chi connectivity index (χ0v) is 9.77. The molecule has 0 spiro atoms. The van der Waals surface area contributed by atoms with Crippen LogP contribution in [0.3, 0.4) is 0 Å². The monoisotopic (exact) mass is 208 g/mol. The highest BCUT2D eigenvalue weighted by molar-refractivity contribution is 4.93. The van der Waals surface area contributed by atoms with E-state index in [1.165, 1.54) is 0 Å². The van der Waals surface area contributed by atoms with Crippen LogP contribution in [0, 0.1) is 0 Å². The van der Waals surface area contributed by atoms with E-state index in [-0.39, 0.29) is 0 Å². The van der Waals surface area contributed by atoms with Crippen molar-refractivity contribution < 1.29 is 0 Å². The molecule has 0 bridgehead atoms. The van der Waals surface area contributed by atoms with Crippen molar-refractivity contribution >= 4 is 0 Å². The van der Waals surface area contributed by atoms with Gasteiger partial charge >= 0.3 is 0 Å².